The number of pyridine rings is 1. The summed E-state index contributed by atoms with van der Waals surface area (Å²) in [5.41, 5.74) is 3.82. The molecule has 0 atom stereocenters. The molecular weight excluding hydrogens is 264 g/mol. The first-order valence-corrected chi connectivity index (χ1v) is 6.71. The van der Waals surface area contributed by atoms with Crippen molar-refractivity contribution in [2.24, 2.45) is 7.05 Å². The van der Waals surface area contributed by atoms with Gasteiger partial charge in [-0.25, -0.2) is 4.98 Å². The van der Waals surface area contributed by atoms with Gasteiger partial charge in [0.25, 0.3) is 0 Å². The molecular formula is C15H14N6. The average Bonchev–Trinajstić information content (AvgIpc) is 3.02. The number of H-pyrrole nitrogens is 1. The van der Waals surface area contributed by atoms with E-state index in [0.717, 1.165) is 39.0 Å². The van der Waals surface area contributed by atoms with E-state index in [1.165, 1.54) is 0 Å². The Morgan fingerprint density at radius 3 is 3.00 bits per heavy atom. The number of benzene rings is 1. The third kappa shape index (κ3) is 1.92. The lowest BCUT2D eigenvalue weighted by atomic mass is 10.2. The third-order valence-electron chi connectivity index (χ3n) is 3.53. The topological polar surface area (TPSA) is 71.4 Å². The third-order valence-corrected chi connectivity index (χ3v) is 3.53. The van der Waals surface area contributed by atoms with Crippen molar-refractivity contribution in [3.8, 4) is 0 Å². The number of nitrogens with one attached hydrogen (secondary N) is 2. The Morgan fingerprint density at radius 2 is 2.10 bits per heavy atom. The second-order valence-corrected chi connectivity index (χ2v) is 5.10. The van der Waals surface area contributed by atoms with Gasteiger partial charge in [-0.2, -0.15) is 10.2 Å². The predicted octanol–water partition coefficient (Wildman–Crippen LogP) is 2.90. The molecule has 4 rings (SSSR count). The molecule has 1 aromatic carbocycles. The van der Waals surface area contributed by atoms with Crippen LogP contribution in [0.15, 0.2) is 36.7 Å². The van der Waals surface area contributed by atoms with Crippen molar-refractivity contribution in [1.29, 1.82) is 0 Å². The van der Waals surface area contributed by atoms with Gasteiger partial charge >= 0.3 is 0 Å². The minimum absolute atomic E-state index is 0.800. The summed E-state index contributed by atoms with van der Waals surface area (Å²) in [5, 5.41) is 17.2. The van der Waals surface area contributed by atoms with E-state index in [4.69, 9.17) is 0 Å². The minimum Gasteiger partial charge on any atom is -0.340 e. The van der Waals surface area contributed by atoms with E-state index in [-0.39, 0.29) is 0 Å². The van der Waals surface area contributed by atoms with Crippen molar-refractivity contribution < 1.29 is 0 Å². The van der Waals surface area contributed by atoms with Crippen LogP contribution in [0.25, 0.3) is 21.8 Å². The Kier molecular flexibility index (Phi) is 2.44. The SMILES string of the molecule is Cc1[nH]nc2ccnc(Nc3ccc4cn(C)nc4c3)c12. The number of aryl methyl sites for hydroxylation is 2. The first kappa shape index (κ1) is 11.9. The van der Waals surface area contributed by atoms with Crippen molar-refractivity contribution in [3.05, 3.63) is 42.4 Å². The van der Waals surface area contributed by atoms with Gasteiger partial charge in [-0.05, 0) is 31.2 Å². The summed E-state index contributed by atoms with van der Waals surface area (Å²) in [4.78, 5) is 4.42. The van der Waals surface area contributed by atoms with Crippen molar-refractivity contribution in [3.63, 3.8) is 0 Å². The molecule has 6 nitrogen and oxygen atoms in total. The predicted molar refractivity (Wildman–Crippen MR) is 82.6 cm³/mol. The van der Waals surface area contributed by atoms with Gasteiger partial charge < -0.3 is 5.32 Å². The molecule has 0 fully saturated rings. The fourth-order valence-electron chi connectivity index (χ4n) is 2.56. The smallest absolute Gasteiger partial charge is 0.141 e. The minimum atomic E-state index is 0.800. The average molecular weight is 278 g/mol. The van der Waals surface area contributed by atoms with E-state index in [0.29, 0.717) is 0 Å². The largest absolute Gasteiger partial charge is 0.340 e. The number of anilines is 2. The zero-order chi connectivity index (χ0) is 14.4. The van der Waals surface area contributed by atoms with Gasteiger partial charge in [0.2, 0.25) is 0 Å². The maximum Gasteiger partial charge on any atom is 0.141 e. The number of hydrogen-bond acceptors (Lipinski definition) is 4. The second kappa shape index (κ2) is 4.31. The molecule has 3 heterocycles. The van der Waals surface area contributed by atoms with Gasteiger partial charge in [-0.1, -0.05) is 0 Å². The monoisotopic (exact) mass is 278 g/mol. The standard InChI is InChI=1S/C15H14N6/c1-9-14-12(19-18-9)5-6-16-15(14)17-11-4-3-10-8-21(2)20-13(10)7-11/h3-8H,1-2H3,(H,16,17)(H,18,19). The van der Waals surface area contributed by atoms with Gasteiger partial charge in [0, 0.05) is 36.2 Å². The zero-order valence-corrected chi connectivity index (χ0v) is 11.8. The second-order valence-electron chi connectivity index (χ2n) is 5.10. The Labute approximate surface area is 120 Å². The molecule has 6 heteroatoms. The highest BCUT2D eigenvalue weighted by Crippen LogP contribution is 2.26. The van der Waals surface area contributed by atoms with E-state index in [2.05, 4.69) is 25.6 Å². The Bertz CT molecular complexity index is 949. The quantitative estimate of drug-likeness (QED) is 0.591. The van der Waals surface area contributed by atoms with E-state index in [1.807, 2.05) is 49.1 Å². The summed E-state index contributed by atoms with van der Waals surface area (Å²) in [6.45, 7) is 1.99. The number of rotatable bonds is 2. The van der Waals surface area contributed by atoms with Gasteiger partial charge in [0.05, 0.1) is 16.4 Å². The Balaban J connectivity index is 1.80. The van der Waals surface area contributed by atoms with Crippen LogP contribution in [0.3, 0.4) is 0 Å². The summed E-state index contributed by atoms with van der Waals surface area (Å²) in [7, 11) is 1.92. The fraction of sp³-hybridized carbons (Fsp3) is 0.133. The highest BCUT2D eigenvalue weighted by atomic mass is 15.2. The molecule has 0 unspecified atom stereocenters. The zero-order valence-electron chi connectivity index (χ0n) is 11.8. The van der Waals surface area contributed by atoms with Crippen LogP contribution in [0.5, 0.6) is 0 Å². The van der Waals surface area contributed by atoms with Crippen LogP contribution in [0.1, 0.15) is 5.69 Å². The van der Waals surface area contributed by atoms with Gasteiger partial charge in [0.15, 0.2) is 0 Å². The van der Waals surface area contributed by atoms with Crippen LogP contribution in [-0.4, -0.2) is 25.0 Å². The molecule has 0 spiro atoms. The van der Waals surface area contributed by atoms with Crippen LogP contribution in [0.4, 0.5) is 11.5 Å². The van der Waals surface area contributed by atoms with Crippen LogP contribution >= 0.6 is 0 Å². The van der Waals surface area contributed by atoms with Gasteiger partial charge in [-0.15, -0.1) is 0 Å². The molecule has 0 aliphatic carbocycles. The number of nitrogens with zero attached hydrogens (tertiary/aromatic N) is 4. The molecule has 0 saturated carbocycles. The molecule has 2 N–H and O–H groups in total. The van der Waals surface area contributed by atoms with Crippen LogP contribution in [-0.2, 0) is 7.05 Å². The molecule has 21 heavy (non-hydrogen) atoms. The number of aromatic amines is 1. The number of fused-ring (bicyclic) bond motifs is 2. The van der Waals surface area contributed by atoms with Crippen molar-refractivity contribution in [2.75, 3.05) is 5.32 Å². The highest BCUT2D eigenvalue weighted by molar-refractivity contribution is 5.93. The lowest BCUT2D eigenvalue weighted by Crippen LogP contribution is -1.94. The van der Waals surface area contributed by atoms with E-state index >= 15 is 0 Å². The lowest BCUT2D eigenvalue weighted by molar-refractivity contribution is 0.780. The van der Waals surface area contributed by atoms with Crippen LogP contribution in [0, 0.1) is 6.92 Å². The van der Waals surface area contributed by atoms with Crippen molar-refractivity contribution in [2.45, 2.75) is 6.92 Å². The summed E-state index contributed by atoms with van der Waals surface area (Å²) in [6, 6.07) is 7.99. The summed E-state index contributed by atoms with van der Waals surface area (Å²) in [6.07, 6.45) is 3.75. The normalized spacial score (nSPS) is 11.3. The Hall–Kier alpha value is -2.89. The maximum absolute atomic E-state index is 4.42. The molecule has 0 radical (unpaired) electrons. The van der Waals surface area contributed by atoms with Crippen LogP contribution in [0.2, 0.25) is 0 Å². The van der Waals surface area contributed by atoms with Crippen molar-refractivity contribution in [1.82, 2.24) is 25.0 Å². The summed E-state index contributed by atoms with van der Waals surface area (Å²) in [5.74, 6) is 0.800. The molecule has 4 aromatic rings. The maximum atomic E-state index is 4.42. The molecule has 104 valence electrons. The first-order chi connectivity index (χ1) is 10.2. The summed E-state index contributed by atoms with van der Waals surface area (Å²) >= 11 is 0. The first-order valence-electron chi connectivity index (χ1n) is 6.71. The molecule has 0 aliphatic heterocycles. The summed E-state index contributed by atoms with van der Waals surface area (Å²) < 4.78 is 1.81. The van der Waals surface area contributed by atoms with Gasteiger partial charge in [-0.3, -0.25) is 9.78 Å². The fourth-order valence-corrected chi connectivity index (χ4v) is 2.56. The van der Waals surface area contributed by atoms with E-state index < -0.39 is 0 Å². The number of hydrogen-bond donors (Lipinski definition) is 2. The van der Waals surface area contributed by atoms with E-state index in [9.17, 15) is 0 Å². The molecule has 0 saturated heterocycles. The number of aromatic nitrogens is 5. The molecule has 0 amide bonds. The molecule has 0 bridgehead atoms. The van der Waals surface area contributed by atoms with Crippen LogP contribution < -0.4 is 5.32 Å². The van der Waals surface area contributed by atoms with Gasteiger partial charge in [0.1, 0.15) is 5.82 Å². The molecule has 3 aromatic heterocycles. The van der Waals surface area contributed by atoms with Crippen molar-refractivity contribution >= 4 is 33.3 Å². The molecule has 0 aliphatic rings. The van der Waals surface area contributed by atoms with E-state index in [1.54, 1.807) is 6.20 Å². The Morgan fingerprint density at radius 1 is 1.19 bits per heavy atom. The highest BCUT2D eigenvalue weighted by Gasteiger charge is 2.09. The lowest BCUT2D eigenvalue weighted by Gasteiger charge is -2.06.